The molecule has 19 heavy (non-hydrogen) atoms. The normalized spacial score (nSPS) is 16.1. The van der Waals surface area contributed by atoms with E-state index in [-0.39, 0.29) is 11.3 Å². The van der Waals surface area contributed by atoms with E-state index in [1.165, 1.54) is 5.56 Å². The van der Waals surface area contributed by atoms with Gasteiger partial charge in [-0.05, 0) is 42.7 Å². The lowest BCUT2D eigenvalue weighted by Gasteiger charge is -2.16. The third kappa shape index (κ3) is 2.51. The molecule has 1 saturated carbocycles. The Morgan fingerprint density at radius 1 is 1.32 bits per heavy atom. The van der Waals surface area contributed by atoms with Gasteiger partial charge in [0.15, 0.2) is 0 Å². The maximum absolute atomic E-state index is 11.9. The first kappa shape index (κ1) is 12.3. The second kappa shape index (κ2) is 4.74. The molecule has 1 aromatic carbocycles. The summed E-state index contributed by atoms with van der Waals surface area (Å²) >= 11 is 6.03. The molecule has 3 nitrogen and oxygen atoms in total. The summed E-state index contributed by atoms with van der Waals surface area (Å²) in [5.74, 6) is -0.0571. The predicted molar refractivity (Wildman–Crippen MR) is 75.5 cm³/mol. The zero-order valence-electron chi connectivity index (χ0n) is 10.4. The first-order chi connectivity index (χ1) is 9.20. The number of halogens is 1. The summed E-state index contributed by atoms with van der Waals surface area (Å²) in [5.41, 5.74) is 1.89. The second-order valence-corrected chi connectivity index (χ2v) is 5.49. The average Bonchev–Trinajstić information content (AvgIpc) is 3.00. The van der Waals surface area contributed by atoms with Crippen molar-refractivity contribution in [2.45, 2.75) is 18.3 Å². The Bertz CT molecular complexity index is 588. The second-order valence-electron chi connectivity index (χ2n) is 5.06. The number of hydrogen-bond acceptors (Lipinski definition) is 1. The third-order valence-corrected chi connectivity index (χ3v) is 3.96. The van der Waals surface area contributed by atoms with Crippen molar-refractivity contribution in [2.75, 3.05) is 6.54 Å². The zero-order valence-corrected chi connectivity index (χ0v) is 11.2. The van der Waals surface area contributed by atoms with E-state index in [1.54, 1.807) is 12.3 Å². The number of aromatic nitrogens is 1. The minimum atomic E-state index is -0.0571. The highest BCUT2D eigenvalue weighted by Crippen LogP contribution is 2.48. The summed E-state index contributed by atoms with van der Waals surface area (Å²) in [5, 5.41) is 3.74. The quantitative estimate of drug-likeness (QED) is 0.884. The molecule has 0 unspecified atom stereocenters. The molecular formula is C15H15ClN2O. The van der Waals surface area contributed by atoms with Crippen LogP contribution in [0.2, 0.25) is 5.02 Å². The molecule has 3 rings (SSSR count). The minimum Gasteiger partial charge on any atom is -0.357 e. The van der Waals surface area contributed by atoms with Crippen molar-refractivity contribution in [1.82, 2.24) is 10.3 Å². The van der Waals surface area contributed by atoms with Crippen molar-refractivity contribution in [3.8, 4) is 0 Å². The molecule has 0 bridgehead atoms. The van der Waals surface area contributed by atoms with E-state index in [0.717, 1.165) is 17.9 Å². The van der Waals surface area contributed by atoms with Gasteiger partial charge in [-0.15, -0.1) is 0 Å². The Kier molecular flexibility index (Phi) is 3.07. The van der Waals surface area contributed by atoms with Crippen LogP contribution in [0.1, 0.15) is 28.9 Å². The summed E-state index contributed by atoms with van der Waals surface area (Å²) < 4.78 is 0. The molecule has 0 spiro atoms. The van der Waals surface area contributed by atoms with Crippen LogP contribution >= 0.6 is 11.6 Å². The maximum Gasteiger partial charge on any atom is 0.267 e. The molecule has 4 heteroatoms. The molecule has 0 aliphatic heterocycles. The van der Waals surface area contributed by atoms with Gasteiger partial charge in [-0.1, -0.05) is 23.7 Å². The van der Waals surface area contributed by atoms with Gasteiger partial charge in [0.05, 0.1) is 0 Å². The van der Waals surface area contributed by atoms with Gasteiger partial charge in [0.25, 0.3) is 5.91 Å². The highest BCUT2D eigenvalue weighted by molar-refractivity contribution is 6.30. The number of hydrogen-bond donors (Lipinski definition) is 2. The molecule has 1 aliphatic rings. The number of rotatable bonds is 4. The number of nitrogens with one attached hydrogen (secondary N) is 2. The minimum absolute atomic E-state index is 0.0571. The van der Waals surface area contributed by atoms with Crippen LogP contribution in [-0.4, -0.2) is 17.4 Å². The fraction of sp³-hybridized carbons (Fsp3) is 0.267. The van der Waals surface area contributed by atoms with E-state index in [1.807, 2.05) is 24.3 Å². The van der Waals surface area contributed by atoms with Gasteiger partial charge in [-0.2, -0.15) is 0 Å². The molecule has 1 amide bonds. The van der Waals surface area contributed by atoms with Crippen molar-refractivity contribution >= 4 is 17.5 Å². The average molecular weight is 275 g/mol. The van der Waals surface area contributed by atoms with E-state index in [2.05, 4.69) is 16.4 Å². The lowest BCUT2D eigenvalue weighted by atomic mass is 9.96. The molecule has 1 heterocycles. The first-order valence-electron chi connectivity index (χ1n) is 6.37. The van der Waals surface area contributed by atoms with Gasteiger partial charge in [-0.3, -0.25) is 4.79 Å². The van der Waals surface area contributed by atoms with E-state index >= 15 is 0 Å². The Labute approximate surface area is 117 Å². The zero-order chi connectivity index (χ0) is 13.3. The Balaban J connectivity index is 1.68. The summed E-state index contributed by atoms with van der Waals surface area (Å²) in [4.78, 5) is 14.8. The number of amides is 1. The van der Waals surface area contributed by atoms with Crippen molar-refractivity contribution in [3.05, 3.63) is 58.9 Å². The van der Waals surface area contributed by atoms with Gasteiger partial charge in [0.1, 0.15) is 5.69 Å². The van der Waals surface area contributed by atoms with Gasteiger partial charge < -0.3 is 10.3 Å². The molecule has 0 radical (unpaired) electrons. The van der Waals surface area contributed by atoms with Crippen LogP contribution in [0.3, 0.4) is 0 Å². The molecule has 2 N–H and O–H groups in total. The van der Waals surface area contributed by atoms with Crippen molar-refractivity contribution in [1.29, 1.82) is 0 Å². The molecule has 0 atom stereocenters. The first-order valence-corrected chi connectivity index (χ1v) is 6.75. The van der Waals surface area contributed by atoms with Crippen molar-refractivity contribution in [2.24, 2.45) is 0 Å². The number of carbonyl (C=O) groups excluding carboxylic acids is 1. The summed E-state index contributed by atoms with van der Waals surface area (Å²) in [7, 11) is 0. The van der Waals surface area contributed by atoms with Gasteiger partial charge in [0, 0.05) is 23.2 Å². The number of benzene rings is 1. The maximum atomic E-state index is 11.9. The summed E-state index contributed by atoms with van der Waals surface area (Å²) in [6.45, 7) is 0.658. The van der Waals surface area contributed by atoms with Crippen LogP contribution in [0.15, 0.2) is 42.6 Å². The van der Waals surface area contributed by atoms with Gasteiger partial charge >= 0.3 is 0 Å². The van der Waals surface area contributed by atoms with Gasteiger partial charge in [0.2, 0.25) is 0 Å². The lowest BCUT2D eigenvalue weighted by molar-refractivity contribution is 0.0945. The van der Waals surface area contributed by atoms with Crippen LogP contribution in [0.5, 0.6) is 0 Å². The van der Waals surface area contributed by atoms with Crippen LogP contribution < -0.4 is 5.32 Å². The van der Waals surface area contributed by atoms with E-state index in [0.29, 0.717) is 12.2 Å². The van der Waals surface area contributed by atoms with Crippen LogP contribution in [0.4, 0.5) is 0 Å². The Morgan fingerprint density at radius 3 is 2.79 bits per heavy atom. The topological polar surface area (TPSA) is 44.9 Å². The van der Waals surface area contributed by atoms with Crippen LogP contribution in [0.25, 0.3) is 0 Å². The largest absolute Gasteiger partial charge is 0.357 e. The molecule has 1 fully saturated rings. The molecule has 98 valence electrons. The molecule has 1 aromatic heterocycles. The monoisotopic (exact) mass is 274 g/mol. The smallest absolute Gasteiger partial charge is 0.267 e. The van der Waals surface area contributed by atoms with E-state index in [4.69, 9.17) is 11.6 Å². The molecule has 0 saturated heterocycles. The third-order valence-electron chi connectivity index (χ3n) is 3.72. The van der Waals surface area contributed by atoms with Gasteiger partial charge in [-0.25, -0.2) is 0 Å². The standard InChI is InChI=1S/C15H15ClN2O/c16-12-4-1-3-11(9-12)15(6-7-15)10-18-14(19)13-5-2-8-17-13/h1-5,8-9,17H,6-7,10H2,(H,18,19). The van der Waals surface area contributed by atoms with Crippen molar-refractivity contribution < 1.29 is 4.79 Å². The fourth-order valence-corrected chi connectivity index (χ4v) is 2.54. The van der Waals surface area contributed by atoms with Crippen LogP contribution in [0, 0.1) is 0 Å². The Morgan fingerprint density at radius 2 is 2.16 bits per heavy atom. The number of H-pyrrole nitrogens is 1. The van der Waals surface area contributed by atoms with E-state index < -0.39 is 0 Å². The number of aromatic amines is 1. The number of carbonyl (C=O) groups is 1. The summed E-state index contributed by atoms with van der Waals surface area (Å²) in [6, 6.07) is 11.5. The highest BCUT2D eigenvalue weighted by Gasteiger charge is 2.44. The highest BCUT2D eigenvalue weighted by atomic mass is 35.5. The van der Waals surface area contributed by atoms with Crippen LogP contribution in [-0.2, 0) is 5.41 Å². The lowest BCUT2D eigenvalue weighted by Crippen LogP contribution is -2.32. The Hall–Kier alpha value is -1.74. The molecular weight excluding hydrogens is 260 g/mol. The summed E-state index contributed by atoms with van der Waals surface area (Å²) in [6.07, 6.45) is 3.94. The SMILES string of the molecule is O=C(NCC1(c2cccc(Cl)c2)CC1)c1ccc[nH]1. The van der Waals surface area contributed by atoms with Crippen molar-refractivity contribution in [3.63, 3.8) is 0 Å². The molecule has 1 aliphatic carbocycles. The van der Waals surface area contributed by atoms with E-state index in [9.17, 15) is 4.79 Å². The predicted octanol–water partition coefficient (Wildman–Crippen LogP) is 3.13. The fourth-order valence-electron chi connectivity index (χ4n) is 2.35. The molecule has 2 aromatic rings.